The van der Waals surface area contributed by atoms with Gasteiger partial charge in [-0.1, -0.05) is 23.9 Å². The lowest BCUT2D eigenvalue weighted by molar-refractivity contribution is -0.113. The number of ether oxygens (including phenoxy) is 2. The van der Waals surface area contributed by atoms with Gasteiger partial charge in [0.1, 0.15) is 16.8 Å². The zero-order chi connectivity index (χ0) is 22.5. The number of hydrogen-bond acceptors (Lipinski definition) is 7. The molecule has 0 aliphatic rings. The van der Waals surface area contributed by atoms with Gasteiger partial charge in [0, 0.05) is 18.2 Å². The van der Waals surface area contributed by atoms with Gasteiger partial charge in [0.05, 0.1) is 25.5 Å². The number of methoxy groups -OCH3 is 1. The molecular weight excluding hydrogens is 430 g/mol. The van der Waals surface area contributed by atoms with Crippen LogP contribution >= 0.6 is 11.8 Å². The molecule has 0 saturated carbocycles. The lowest BCUT2D eigenvalue weighted by atomic mass is 10.2. The summed E-state index contributed by atoms with van der Waals surface area (Å²) in [4.78, 5) is 30.3. The molecule has 0 unspecified atom stereocenters. The summed E-state index contributed by atoms with van der Waals surface area (Å²) in [6.07, 6.45) is 0. The Morgan fingerprint density at radius 3 is 2.72 bits per heavy atom. The molecule has 0 fully saturated rings. The van der Waals surface area contributed by atoms with Gasteiger partial charge in [-0.05, 0) is 43.3 Å². The fourth-order valence-electron chi connectivity index (χ4n) is 3.27. The molecule has 2 heterocycles. The molecule has 1 N–H and O–H groups in total. The van der Waals surface area contributed by atoms with Crippen molar-refractivity contribution in [3.8, 4) is 5.75 Å². The summed E-state index contributed by atoms with van der Waals surface area (Å²) in [6.45, 7) is 3.13. The second kappa shape index (κ2) is 9.88. The summed E-state index contributed by atoms with van der Waals surface area (Å²) in [5.74, 6) is 0.629. The van der Waals surface area contributed by atoms with Crippen molar-refractivity contribution in [2.24, 2.45) is 0 Å². The Kier molecular flexibility index (Phi) is 6.77. The molecule has 0 aliphatic carbocycles. The standard InChI is InChI=1S/C23H23N3O5S/c1-3-30-16-10-8-15(9-11-16)24-19(27)14-32-23-25-20-17-6-4-5-7-18(17)31-21(20)22(28)26(23)12-13-29-2/h4-11H,3,12-14H2,1-2H3,(H,24,27). The van der Waals surface area contributed by atoms with Gasteiger partial charge in [0.2, 0.25) is 11.5 Å². The van der Waals surface area contributed by atoms with E-state index in [4.69, 9.17) is 13.9 Å². The quantitative estimate of drug-likeness (QED) is 0.303. The number of carbonyl (C=O) groups is 1. The Labute approximate surface area is 188 Å². The number of anilines is 1. The van der Waals surface area contributed by atoms with E-state index in [-0.39, 0.29) is 22.8 Å². The molecule has 0 saturated heterocycles. The molecule has 2 aromatic carbocycles. The van der Waals surface area contributed by atoms with E-state index in [1.165, 1.54) is 16.3 Å². The third-order valence-electron chi connectivity index (χ3n) is 4.75. The van der Waals surface area contributed by atoms with Crippen LogP contribution in [0.15, 0.2) is 62.9 Å². The zero-order valence-corrected chi connectivity index (χ0v) is 18.6. The van der Waals surface area contributed by atoms with E-state index in [0.29, 0.717) is 41.7 Å². The summed E-state index contributed by atoms with van der Waals surface area (Å²) in [5, 5.41) is 4.05. The van der Waals surface area contributed by atoms with E-state index in [1.807, 2.05) is 25.1 Å². The van der Waals surface area contributed by atoms with E-state index >= 15 is 0 Å². The number of para-hydroxylation sites is 1. The van der Waals surface area contributed by atoms with E-state index < -0.39 is 0 Å². The first kappa shape index (κ1) is 21.9. The molecule has 0 aliphatic heterocycles. The number of hydrogen-bond donors (Lipinski definition) is 1. The van der Waals surface area contributed by atoms with Crippen LogP contribution < -0.4 is 15.6 Å². The lowest BCUT2D eigenvalue weighted by Gasteiger charge is -2.11. The van der Waals surface area contributed by atoms with Crippen LogP contribution in [-0.2, 0) is 16.1 Å². The number of fused-ring (bicyclic) bond motifs is 3. The summed E-state index contributed by atoms with van der Waals surface area (Å²) < 4.78 is 17.8. The molecule has 0 spiro atoms. The Bertz CT molecular complexity index is 1300. The van der Waals surface area contributed by atoms with E-state index in [1.54, 1.807) is 37.4 Å². The van der Waals surface area contributed by atoms with Crippen LogP contribution in [-0.4, -0.2) is 41.5 Å². The summed E-state index contributed by atoms with van der Waals surface area (Å²) >= 11 is 1.19. The first-order valence-electron chi connectivity index (χ1n) is 10.2. The van der Waals surface area contributed by atoms with Gasteiger partial charge in [-0.25, -0.2) is 4.98 Å². The van der Waals surface area contributed by atoms with Crippen molar-refractivity contribution >= 4 is 45.4 Å². The summed E-state index contributed by atoms with van der Waals surface area (Å²) in [6, 6.07) is 14.5. The number of thioether (sulfide) groups is 1. The van der Waals surface area contributed by atoms with Crippen LogP contribution in [0.5, 0.6) is 5.75 Å². The highest BCUT2D eigenvalue weighted by Gasteiger charge is 2.18. The molecule has 1 amide bonds. The van der Waals surface area contributed by atoms with Crippen molar-refractivity contribution in [1.82, 2.24) is 9.55 Å². The molecule has 0 atom stereocenters. The number of amides is 1. The SMILES string of the molecule is CCOc1ccc(NC(=O)CSc2nc3c(oc4ccccc43)c(=O)n2CCOC)cc1. The fourth-order valence-corrected chi connectivity index (χ4v) is 4.09. The molecule has 32 heavy (non-hydrogen) atoms. The molecule has 2 aromatic heterocycles. The minimum Gasteiger partial charge on any atom is -0.494 e. The normalized spacial score (nSPS) is 11.2. The molecule has 0 radical (unpaired) electrons. The van der Waals surface area contributed by atoms with Crippen LogP contribution in [0.3, 0.4) is 0 Å². The minimum atomic E-state index is -0.294. The average molecular weight is 454 g/mol. The van der Waals surface area contributed by atoms with Gasteiger partial charge in [-0.2, -0.15) is 0 Å². The van der Waals surface area contributed by atoms with Gasteiger partial charge < -0.3 is 19.2 Å². The molecule has 4 aromatic rings. The van der Waals surface area contributed by atoms with Crippen molar-refractivity contribution in [1.29, 1.82) is 0 Å². The van der Waals surface area contributed by atoms with Crippen LogP contribution in [0.2, 0.25) is 0 Å². The van der Waals surface area contributed by atoms with Gasteiger partial charge in [0.25, 0.3) is 5.56 Å². The number of aromatic nitrogens is 2. The summed E-state index contributed by atoms with van der Waals surface area (Å²) in [5.41, 5.74) is 1.66. The second-order valence-electron chi connectivity index (χ2n) is 6.91. The predicted octanol–water partition coefficient (Wildman–Crippen LogP) is 3.92. The molecular formula is C23H23N3O5S. The van der Waals surface area contributed by atoms with E-state index in [9.17, 15) is 9.59 Å². The molecule has 4 rings (SSSR count). The van der Waals surface area contributed by atoms with Crippen molar-refractivity contribution in [2.75, 3.05) is 31.4 Å². The van der Waals surface area contributed by atoms with Gasteiger partial charge in [0.15, 0.2) is 5.16 Å². The Hall–Kier alpha value is -3.30. The van der Waals surface area contributed by atoms with Gasteiger partial charge >= 0.3 is 0 Å². The Morgan fingerprint density at radius 1 is 1.19 bits per heavy atom. The lowest BCUT2D eigenvalue weighted by Crippen LogP contribution is -2.25. The highest BCUT2D eigenvalue weighted by Crippen LogP contribution is 2.27. The van der Waals surface area contributed by atoms with Crippen LogP contribution in [0.25, 0.3) is 22.1 Å². The number of nitrogens with zero attached hydrogens (tertiary/aromatic N) is 2. The third kappa shape index (κ3) is 4.63. The van der Waals surface area contributed by atoms with Crippen LogP contribution in [0, 0.1) is 0 Å². The van der Waals surface area contributed by atoms with Crippen molar-refractivity contribution in [3.63, 3.8) is 0 Å². The smallest absolute Gasteiger partial charge is 0.297 e. The monoisotopic (exact) mass is 453 g/mol. The second-order valence-corrected chi connectivity index (χ2v) is 7.86. The van der Waals surface area contributed by atoms with Gasteiger partial charge in [-0.15, -0.1) is 0 Å². The number of nitrogens with one attached hydrogen (secondary N) is 1. The molecule has 0 bridgehead atoms. The molecule has 8 nitrogen and oxygen atoms in total. The van der Waals surface area contributed by atoms with E-state index in [2.05, 4.69) is 10.3 Å². The van der Waals surface area contributed by atoms with Crippen molar-refractivity contribution in [3.05, 3.63) is 58.9 Å². The Balaban J connectivity index is 1.57. The van der Waals surface area contributed by atoms with Crippen LogP contribution in [0.4, 0.5) is 5.69 Å². The number of furan rings is 1. The first-order chi connectivity index (χ1) is 15.6. The average Bonchev–Trinajstić information content (AvgIpc) is 3.18. The summed E-state index contributed by atoms with van der Waals surface area (Å²) in [7, 11) is 1.56. The van der Waals surface area contributed by atoms with Gasteiger partial charge in [-0.3, -0.25) is 14.2 Å². The first-order valence-corrected chi connectivity index (χ1v) is 11.2. The largest absolute Gasteiger partial charge is 0.494 e. The molecule has 166 valence electrons. The third-order valence-corrected chi connectivity index (χ3v) is 5.72. The predicted molar refractivity (Wildman–Crippen MR) is 125 cm³/mol. The van der Waals surface area contributed by atoms with Crippen molar-refractivity contribution < 1.29 is 18.7 Å². The highest BCUT2D eigenvalue weighted by molar-refractivity contribution is 7.99. The zero-order valence-electron chi connectivity index (χ0n) is 17.8. The number of rotatable bonds is 9. The number of carbonyl (C=O) groups excluding carboxylic acids is 1. The van der Waals surface area contributed by atoms with E-state index in [0.717, 1.165) is 11.1 Å². The maximum absolute atomic E-state index is 13.1. The highest BCUT2D eigenvalue weighted by atomic mass is 32.2. The van der Waals surface area contributed by atoms with Crippen molar-refractivity contribution in [2.45, 2.75) is 18.6 Å². The maximum atomic E-state index is 13.1. The fraction of sp³-hybridized carbons (Fsp3) is 0.261. The topological polar surface area (TPSA) is 95.6 Å². The Morgan fingerprint density at radius 2 is 1.97 bits per heavy atom. The molecule has 9 heteroatoms. The minimum absolute atomic E-state index is 0.0912. The van der Waals surface area contributed by atoms with Crippen LogP contribution in [0.1, 0.15) is 6.92 Å². The number of benzene rings is 2. The maximum Gasteiger partial charge on any atom is 0.297 e.